The van der Waals surface area contributed by atoms with Crippen LogP contribution in [0.15, 0.2) is 29.3 Å². The Balaban J connectivity index is 2.65. The van der Waals surface area contributed by atoms with Crippen LogP contribution in [0.25, 0.3) is 11.3 Å². The Morgan fingerprint density at radius 2 is 2.00 bits per heavy atom. The number of benzene rings is 1. The predicted octanol–water partition coefficient (Wildman–Crippen LogP) is 1.44. The van der Waals surface area contributed by atoms with Gasteiger partial charge in [-0.15, -0.1) is 0 Å². The molecule has 1 heterocycles. The van der Waals surface area contributed by atoms with Gasteiger partial charge in [0.1, 0.15) is 17.7 Å². The molecule has 2 rings (SSSR count). The lowest BCUT2D eigenvalue weighted by Gasteiger charge is -2.13. The molecule has 0 amide bonds. The number of nitrogens with zero attached hydrogens (tertiary/aromatic N) is 3. The standard InChI is InChI=1S/C16H15N3O5/c1-9(16(21)22)19-8-18-14(11(7-17)15(19)20)10-4-5-12(23-2)13(6-10)24-3/h4-6,8-9H,1-3H3,(H,21,22). The van der Waals surface area contributed by atoms with E-state index >= 15 is 0 Å². The number of rotatable bonds is 5. The van der Waals surface area contributed by atoms with Crippen molar-refractivity contribution in [2.75, 3.05) is 14.2 Å². The molecule has 24 heavy (non-hydrogen) atoms. The number of carboxylic acid groups (broad SMARTS) is 1. The molecule has 0 spiro atoms. The molecule has 2 aromatic rings. The largest absolute Gasteiger partial charge is 0.493 e. The van der Waals surface area contributed by atoms with Crippen LogP contribution < -0.4 is 15.0 Å². The molecule has 1 aromatic heterocycles. The van der Waals surface area contributed by atoms with E-state index in [4.69, 9.17) is 14.6 Å². The zero-order chi connectivity index (χ0) is 17.9. The monoisotopic (exact) mass is 329 g/mol. The lowest BCUT2D eigenvalue weighted by atomic mass is 10.1. The topological polar surface area (TPSA) is 114 Å². The molecule has 1 N–H and O–H groups in total. The predicted molar refractivity (Wildman–Crippen MR) is 84.1 cm³/mol. The van der Waals surface area contributed by atoms with E-state index in [-0.39, 0.29) is 11.3 Å². The van der Waals surface area contributed by atoms with Crippen molar-refractivity contribution in [3.05, 3.63) is 40.4 Å². The molecule has 1 aromatic carbocycles. The molecule has 1 unspecified atom stereocenters. The van der Waals surface area contributed by atoms with Gasteiger partial charge in [-0.05, 0) is 25.1 Å². The summed E-state index contributed by atoms with van der Waals surface area (Å²) >= 11 is 0. The molecule has 8 heteroatoms. The average molecular weight is 329 g/mol. The average Bonchev–Trinajstić information content (AvgIpc) is 2.60. The van der Waals surface area contributed by atoms with Crippen LogP contribution in [0.3, 0.4) is 0 Å². The second-order valence-corrected chi connectivity index (χ2v) is 4.88. The number of ether oxygens (including phenoxy) is 2. The maximum absolute atomic E-state index is 12.4. The van der Waals surface area contributed by atoms with Gasteiger partial charge in [-0.1, -0.05) is 0 Å². The summed E-state index contributed by atoms with van der Waals surface area (Å²) < 4.78 is 11.2. The third-order valence-electron chi connectivity index (χ3n) is 3.54. The Hall–Kier alpha value is -3.34. The van der Waals surface area contributed by atoms with Gasteiger partial charge in [-0.2, -0.15) is 5.26 Å². The van der Waals surface area contributed by atoms with Gasteiger partial charge in [0.2, 0.25) is 0 Å². The van der Waals surface area contributed by atoms with Crippen LogP contribution in [0.5, 0.6) is 11.5 Å². The second-order valence-electron chi connectivity index (χ2n) is 4.88. The first kappa shape index (κ1) is 17.0. The van der Waals surface area contributed by atoms with Crippen molar-refractivity contribution in [1.29, 1.82) is 5.26 Å². The number of nitriles is 1. The number of aliphatic carboxylic acids is 1. The molecular formula is C16H15N3O5. The maximum Gasteiger partial charge on any atom is 0.326 e. The van der Waals surface area contributed by atoms with Gasteiger partial charge in [0.05, 0.1) is 26.2 Å². The van der Waals surface area contributed by atoms with Crippen LogP contribution in [0.1, 0.15) is 18.5 Å². The molecule has 1 atom stereocenters. The summed E-state index contributed by atoms with van der Waals surface area (Å²) in [6.07, 6.45) is 1.12. The molecule has 8 nitrogen and oxygen atoms in total. The molecule has 0 aliphatic heterocycles. The van der Waals surface area contributed by atoms with Gasteiger partial charge in [-0.25, -0.2) is 9.78 Å². The van der Waals surface area contributed by atoms with Crippen molar-refractivity contribution >= 4 is 5.97 Å². The Morgan fingerprint density at radius 3 is 2.54 bits per heavy atom. The van der Waals surface area contributed by atoms with E-state index in [9.17, 15) is 14.9 Å². The first-order valence-electron chi connectivity index (χ1n) is 6.91. The Bertz CT molecular complexity index is 882. The fourth-order valence-electron chi connectivity index (χ4n) is 2.17. The Morgan fingerprint density at radius 1 is 1.33 bits per heavy atom. The summed E-state index contributed by atoms with van der Waals surface area (Å²) in [5.41, 5.74) is -0.321. The third kappa shape index (κ3) is 2.92. The lowest BCUT2D eigenvalue weighted by Crippen LogP contribution is -2.30. The third-order valence-corrected chi connectivity index (χ3v) is 3.54. The van der Waals surface area contributed by atoms with Crippen LogP contribution in [0.2, 0.25) is 0 Å². The number of aromatic nitrogens is 2. The van der Waals surface area contributed by atoms with Crippen molar-refractivity contribution in [3.8, 4) is 28.8 Å². The van der Waals surface area contributed by atoms with Crippen LogP contribution in [0.4, 0.5) is 0 Å². The Kier molecular flexibility index (Phi) is 4.84. The highest BCUT2D eigenvalue weighted by molar-refractivity contribution is 5.72. The number of carbonyl (C=O) groups is 1. The van der Waals surface area contributed by atoms with E-state index < -0.39 is 17.6 Å². The van der Waals surface area contributed by atoms with Crippen LogP contribution >= 0.6 is 0 Å². The molecule has 0 aliphatic rings. The first-order valence-corrected chi connectivity index (χ1v) is 6.91. The number of carboxylic acids is 1. The highest BCUT2D eigenvalue weighted by Crippen LogP contribution is 2.32. The van der Waals surface area contributed by atoms with Crippen molar-refractivity contribution < 1.29 is 19.4 Å². The summed E-state index contributed by atoms with van der Waals surface area (Å²) in [5.74, 6) is -0.280. The van der Waals surface area contributed by atoms with Gasteiger partial charge < -0.3 is 14.6 Å². The number of hydrogen-bond donors (Lipinski definition) is 1. The molecule has 0 saturated carbocycles. The maximum atomic E-state index is 12.4. The highest BCUT2D eigenvalue weighted by atomic mass is 16.5. The van der Waals surface area contributed by atoms with E-state index in [1.165, 1.54) is 21.1 Å². The fraction of sp³-hybridized carbons (Fsp3) is 0.250. The van der Waals surface area contributed by atoms with Gasteiger partial charge in [0.25, 0.3) is 5.56 Å². The van der Waals surface area contributed by atoms with Crippen molar-refractivity contribution in [1.82, 2.24) is 9.55 Å². The minimum absolute atomic E-state index is 0.150. The van der Waals surface area contributed by atoms with E-state index in [2.05, 4.69) is 4.98 Å². The van der Waals surface area contributed by atoms with Crippen LogP contribution in [-0.4, -0.2) is 34.8 Å². The molecule has 0 bridgehead atoms. The summed E-state index contributed by atoms with van der Waals surface area (Å²) in [6.45, 7) is 1.34. The summed E-state index contributed by atoms with van der Waals surface area (Å²) in [4.78, 5) is 27.6. The summed E-state index contributed by atoms with van der Waals surface area (Å²) in [5, 5.41) is 18.4. The summed E-state index contributed by atoms with van der Waals surface area (Å²) in [7, 11) is 2.96. The van der Waals surface area contributed by atoms with Crippen molar-refractivity contribution in [3.63, 3.8) is 0 Å². The normalized spacial score (nSPS) is 11.4. The molecule has 0 fully saturated rings. The molecule has 0 saturated heterocycles. The van der Waals surface area contributed by atoms with E-state index in [0.717, 1.165) is 10.9 Å². The quantitative estimate of drug-likeness (QED) is 0.882. The fourth-order valence-corrected chi connectivity index (χ4v) is 2.17. The zero-order valence-corrected chi connectivity index (χ0v) is 13.3. The number of methoxy groups -OCH3 is 2. The first-order chi connectivity index (χ1) is 11.4. The lowest BCUT2D eigenvalue weighted by molar-refractivity contribution is -0.140. The van der Waals surface area contributed by atoms with E-state index in [1.54, 1.807) is 24.3 Å². The Labute approximate surface area is 137 Å². The zero-order valence-electron chi connectivity index (χ0n) is 13.3. The SMILES string of the molecule is COc1ccc(-c2ncn(C(C)C(=O)O)c(=O)c2C#N)cc1OC. The second kappa shape index (κ2) is 6.83. The van der Waals surface area contributed by atoms with Crippen LogP contribution in [-0.2, 0) is 4.79 Å². The van der Waals surface area contributed by atoms with Crippen molar-refractivity contribution in [2.45, 2.75) is 13.0 Å². The molecule has 0 radical (unpaired) electrons. The minimum atomic E-state index is -1.19. The molecule has 0 aliphatic carbocycles. The van der Waals surface area contributed by atoms with Gasteiger partial charge >= 0.3 is 5.97 Å². The molecular weight excluding hydrogens is 314 g/mol. The van der Waals surface area contributed by atoms with Gasteiger partial charge in [0, 0.05) is 5.56 Å². The summed E-state index contributed by atoms with van der Waals surface area (Å²) in [6, 6.07) is 5.52. The van der Waals surface area contributed by atoms with Gasteiger partial charge in [0.15, 0.2) is 11.5 Å². The van der Waals surface area contributed by atoms with Crippen molar-refractivity contribution in [2.24, 2.45) is 0 Å². The minimum Gasteiger partial charge on any atom is -0.493 e. The van der Waals surface area contributed by atoms with Crippen LogP contribution in [0, 0.1) is 11.3 Å². The van der Waals surface area contributed by atoms with E-state index in [0.29, 0.717) is 17.1 Å². The smallest absolute Gasteiger partial charge is 0.326 e. The van der Waals surface area contributed by atoms with Gasteiger partial charge in [-0.3, -0.25) is 9.36 Å². The highest BCUT2D eigenvalue weighted by Gasteiger charge is 2.20. The molecule has 124 valence electrons. The number of hydrogen-bond acceptors (Lipinski definition) is 6. The van der Waals surface area contributed by atoms with E-state index in [1.807, 2.05) is 0 Å².